The molecule has 0 amide bonds. The average molecular weight is 502 g/mol. The molecule has 0 aliphatic heterocycles. The van der Waals surface area contributed by atoms with Crippen molar-refractivity contribution in [2.75, 3.05) is 0 Å². The molecule has 3 nitrogen and oxygen atoms in total. The first-order chi connectivity index (χ1) is 13.0. The minimum atomic E-state index is -6.82. The van der Waals surface area contributed by atoms with Crippen LogP contribution in [0, 0.1) is 5.92 Å². The molecule has 0 fully saturated rings. The van der Waals surface area contributed by atoms with Crippen molar-refractivity contribution in [3.05, 3.63) is 0 Å². The SMILES string of the molecule is CC(O)(CC(CC(O)(C(F)(F)F)C(F)(F)F)CC(O)(C(F)(F)F)C(F)(F)F)C(F)(F)F. The Morgan fingerprint density at radius 2 is 0.677 bits per heavy atom. The van der Waals surface area contributed by atoms with Crippen molar-refractivity contribution in [3.63, 3.8) is 0 Å². The van der Waals surface area contributed by atoms with Gasteiger partial charge in [0.15, 0.2) is 5.60 Å². The minimum absolute atomic E-state index is 0.347. The fourth-order valence-corrected chi connectivity index (χ4v) is 2.51. The van der Waals surface area contributed by atoms with Gasteiger partial charge in [-0.3, -0.25) is 0 Å². The molecular formula is C13H13F15O3. The monoisotopic (exact) mass is 502 g/mol. The van der Waals surface area contributed by atoms with Crippen LogP contribution in [0.1, 0.15) is 26.2 Å². The maximum Gasteiger partial charge on any atom is 0.426 e. The van der Waals surface area contributed by atoms with Crippen molar-refractivity contribution in [3.8, 4) is 0 Å². The van der Waals surface area contributed by atoms with Gasteiger partial charge >= 0.3 is 30.9 Å². The molecule has 0 saturated heterocycles. The number of alkyl halides is 15. The van der Waals surface area contributed by atoms with Crippen molar-refractivity contribution in [1.82, 2.24) is 0 Å². The van der Waals surface area contributed by atoms with Gasteiger partial charge < -0.3 is 15.3 Å². The molecule has 0 rings (SSSR count). The molecule has 0 aromatic carbocycles. The van der Waals surface area contributed by atoms with Crippen LogP contribution in [0.2, 0.25) is 0 Å². The van der Waals surface area contributed by atoms with Crippen LogP contribution in [-0.2, 0) is 0 Å². The van der Waals surface area contributed by atoms with Crippen LogP contribution < -0.4 is 0 Å². The van der Waals surface area contributed by atoms with Crippen LogP contribution in [0.15, 0.2) is 0 Å². The summed E-state index contributed by atoms with van der Waals surface area (Å²) < 4.78 is 191. The summed E-state index contributed by atoms with van der Waals surface area (Å²) in [6.45, 7) is -0.347. The molecule has 0 saturated carbocycles. The molecule has 1 unspecified atom stereocenters. The highest BCUT2D eigenvalue weighted by atomic mass is 19.4. The van der Waals surface area contributed by atoms with Crippen LogP contribution in [0.3, 0.4) is 0 Å². The van der Waals surface area contributed by atoms with Crippen LogP contribution >= 0.6 is 0 Å². The summed E-state index contributed by atoms with van der Waals surface area (Å²) in [6.07, 6.45) is -42.2. The second kappa shape index (κ2) is 8.00. The predicted octanol–water partition coefficient (Wildman–Crippen LogP) is 4.80. The van der Waals surface area contributed by atoms with E-state index in [4.69, 9.17) is 10.2 Å². The first kappa shape index (κ1) is 29.8. The van der Waals surface area contributed by atoms with E-state index in [0.717, 1.165) is 0 Å². The molecule has 3 N–H and O–H groups in total. The standard InChI is InChI=1S/C13H13F15O3/c1-6(29,9(14,15)16)2-5(3-7(30,10(17,18)19)11(20,21)22)4-8(31,12(23,24)25)13(26,27)28/h5,29-31H,2-4H2,1H3. The lowest BCUT2D eigenvalue weighted by molar-refractivity contribution is -0.385. The van der Waals surface area contributed by atoms with Gasteiger partial charge in [-0.1, -0.05) is 0 Å². The third-order valence-corrected chi connectivity index (χ3v) is 4.34. The molecule has 0 aliphatic rings. The van der Waals surface area contributed by atoms with Crippen LogP contribution in [0.25, 0.3) is 0 Å². The molecular weight excluding hydrogens is 489 g/mol. The molecule has 0 radical (unpaired) electrons. The lowest BCUT2D eigenvalue weighted by Gasteiger charge is -2.41. The Bertz CT molecular complexity index is 540. The Labute approximate surface area is 162 Å². The highest BCUT2D eigenvalue weighted by Gasteiger charge is 2.74. The Hall–Kier alpha value is -1.17. The number of aliphatic hydroxyl groups is 3. The van der Waals surface area contributed by atoms with Gasteiger partial charge in [0, 0.05) is 0 Å². The smallest absolute Gasteiger partial charge is 0.381 e. The van der Waals surface area contributed by atoms with E-state index in [-0.39, 0.29) is 6.92 Å². The van der Waals surface area contributed by atoms with Crippen LogP contribution in [-0.4, -0.2) is 63.0 Å². The molecule has 0 spiro atoms. The van der Waals surface area contributed by atoms with Crippen LogP contribution in [0.5, 0.6) is 0 Å². The van der Waals surface area contributed by atoms with E-state index < -0.39 is 72.9 Å². The summed E-state index contributed by atoms with van der Waals surface area (Å²) in [5, 5.41) is 27.2. The van der Waals surface area contributed by atoms with Gasteiger partial charge in [0.1, 0.15) is 0 Å². The zero-order valence-corrected chi connectivity index (χ0v) is 14.7. The summed E-state index contributed by atoms with van der Waals surface area (Å²) in [7, 11) is 0. The van der Waals surface area contributed by atoms with E-state index in [1.54, 1.807) is 0 Å². The first-order valence-corrected chi connectivity index (χ1v) is 7.54. The second-order valence-corrected chi connectivity index (χ2v) is 6.96. The van der Waals surface area contributed by atoms with E-state index in [1.165, 1.54) is 0 Å². The van der Waals surface area contributed by atoms with E-state index in [2.05, 4.69) is 0 Å². The van der Waals surface area contributed by atoms with Crippen molar-refractivity contribution < 1.29 is 81.2 Å². The molecule has 0 aliphatic carbocycles. The normalized spacial score (nSPS) is 17.8. The van der Waals surface area contributed by atoms with Gasteiger partial charge in [0.05, 0.1) is 0 Å². The second-order valence-electron chi connectivity index (χ2n) is 6.96. The summed E-state index contributed by atoms with van der Waals surface area (Å²) in [6, 6.07) is 0. The molecule has 0 heterocycles. The van der Waals surface area contributed by atoms with Gasteiger partial charge in [0.25, 0.3) is 11.2 Å². The van der Waals surface area contributed by atoms with Crippen molar-refractivity contribution in [2.45, 2.75) is 73.9 Å². The topological polar surface area (TPSA) is 60.7 Å². The molecule has 188 valence electrons. The Kier molecular flexibility index (Phi) is 7.70. The molecule has 1 atom stereocenters. The van der Waals surface area contributed by atoms with Gasteiger partial charge in [-0.25, -0.2) is 0 Å². The fraction of sp³-hybridized carbons (Fsp3) is 1.00. The number of hydrogen-bond acceptors (Lipinski definition) is 3. The maximum atomic E-state index is 12.8. The highest BCUT2D eigenvalue weighted by Crippen LogP contribution is 2.53. The van der Waals surface area contributed by atoms with Gasteiger partial charge in [-0.05, 0) is 32.1 Å². The van der Waals surface area contributed by atoms with Gasteiger partial charge in [-0.15, -0.1) is 0 Å². The van der Waals surface area contributed by atoms with E-state index in [1.807, 2.05) is 0 Å². The minimum Gasteiger partial charge on any atom is -0.381 e. The first-order valence-electron chi connectivity index (χ1n) is 7.54. The van der Waals surface area contributed by atoms with E-state index in [0.29, 0.717) is 0 Å². The molecule has 0 bridgehead atoms. The maximum absolute atomic E-state index is 12.8. The molecule has 0 aromatic heterocycles. The number of halogens is 15. The van der Waals surface area contributed by atoms with Crippen molar-refractivity contribution in [2.24, 2.45) is 5.92 Å². The van der Waals surface area contributed by atoms with E-state index >= 15 is 0 Å². The van der Waals surface area contributed by atoms with Crippen molar-refractivity contribution in [1.29, 1.82) is 0 Å². The largest absolute Gasteiger partial charge is 0.426 e. The van der Waals surface area contributed by atoms with Crippen molar-refractivity contribution >= 4 is 0 Å². The highest BCUT2D eigenvalue weighted by molar-refractivity contribution is 5.02. The average Bonchev–Trinajstić information content (AvgIpc) is 2.40. The number of hydrogen-bond donors (Lipinski definition) is 3. The quantitative estimate of drug-likeness (QED) is 0.458. The molecule has 18 heteroatoms. The lowest BCUT2D eigenvalue weighted by Crippen LogP contribution is -2.61. The van der Waals surface area contributed by atoms with Crippen LogP contribution in [0.4, 0.5) is 65.9 Å². The predicted molar refractivity (Wildman–Crippen MR) is 68.1 cm³/mol. The summed E-state index contributed by atoms with van der Waals surface area (Å²) in [4.78, 5) is 0. The van der Waals surface area contributed by atoms with Gasteiger partial charge in [-0.2, -0.15) is 65.9 Å². The summed E-state index contributed by atoms with van der Waals surface area (Å²) in [5.74, 6) is -3.65. The zero-order chi connectivity index (χ0) is 25.7. The lowest BCUT2D eigenvalue weighted by atomic mass is 9.76. The van der Waals surface area contributed by atoms with E-state index in [9.17, 15) is 71.0 Å². The Morgan fingerprint density at radius 3 is 0.839 bits per heavy atom. The molecule has 31 heavy (non-hydrogen) atoms. The fourth-order valence-electron chi connectivity index (χ4n) is 2.51. The third-order valence-electron chi connectivity index (χ3n) is 4.34. The Morgan fingerprint density at radius 1 is 0.452 bits per heavy atom. The Balaban J connectivity index is 6.63. The third kappa shape index (κ3) is 6.00. The zero-order valence-electron chi connectivity index (χ0n) is 14.7. The molecule has 0 aromatic rings. The number of rotatable bonds is 6. The van der Waals surface area contributed by atoms with Gasteiger partial charge in [0.2, 0.25) is 0 Å². The summed E-state index contributed by atoms with van der Waals surface area (Å²) >= 11 is 0. The summed E-state index contributed by atoms with van der Waals surface area (Å²) in [5.41, 5.74) is -16.5.